The number of anilines is 1. The summed E-state index contributed by atoms with van der Waals surface area (Å²) in [6.07, 6.45) is 2.81. The second-order valence-corrected chi connectivity index (χ2v) is 8.26. The highest BCUT2D eigenvalue weighted by Gasteiger charge is 2.25. The fourth-order valence-electron chi connectivity index (χ4n) is 3.50. The first-order valence-corrected chi connectivity index (χ1v) is 10.3. The third-order valence-electron chi connectivity index (χ3n) is 4.99. The van der Waals surface area contributed by atoms with Crippen LogP contribution >= 0.6 is 11.3 Å². The zero-order chi connectivity index (χ0) is 20.4. The van der Waals surface area contributed by atoms with Gasteiger partial charge in [0.05, 0.1) is 11.1 Å². The van der Waals surface area contributed by atoms with Crippen LogP contribution in [0.1, 0.15) is 39.7 Å². The van der Waals surface area contributed by atoms with Crippen molar-refractivity contribution >= 4 is 28.2 Å². The van der Waals surface area contributed by atoms with E-state index in [0.717, 1.165) is 29.7 Å². The normalized spacial score (nSPS) is 17.0. The predicted octanol–water partition coefficient (Wildman–Crippen LogP) is 3.31. The van der Waals surface area contributed by atoms with Crippen LogP contribution in [0.2, 0.25) is 0 Å². The number of fused-ring (bicyclic) bond motifs is 2. The summed E-state index contributed by atoms with van der Waals surface area (Å²) in [5.41, 5.74) is 1.85. The number of carbonyl (C=O) groups excluding carboxylic acids is 2. The van der Waals surface area contributed by atoms with E-state index in [4.69, 9.17) is 14.2 Å². The lowest BCUT2D eigenvalue weighted by atomic mass is 9.89. The molecule has 1 amide bonds. The Labute approximate surface area is 172 Å². The number of ether oxygens (including phenoxy) is 3. The van der Waals surface area contributed by atoms with E-state index in [2.05, 4.69) is 18.3 Å². The number of rotatable bonds is 4. The fraction of sp³-hybridized carbons (Fsp3) is 0.381. The van der Waals surface area contributed by atoms with Crippen LogP contribution < -0.4 is 14.8 Å². The summed E-state index contributed by atoms with van der Waals surface area (Å²) in [5, 5.41) is 12.8. The van der Waals surface area contributed by atoms with E-state index in [1.807, 2.05) is 0 Å². The molecule has 29 heavy (non-hydrogen) atoms. The molecule has 0 saturated carbocycles. The van der Waals surface area contributed by atoms with Gasteiger partial charge in [-0.1, -0.05) is 6.92 Å². The first-order valence-electron chi connectivity index (χ1n) is 9.46. The van der Waals surface area contributed by atoms with Crippen molar-refractivity contribution in [2.45, 2.75) is 26.2 Å². The molecule has 1 N–H and O–H groups in total. The molecule has 4 rings (SSSR count). The van der Waals surface area contributed by atoms with Crippen LogP contribution in [-0.4, -0.2) is 31.7 Å². The van der Waals surface area contributed by atoms with Crippen molar-refractivity contribution in [1.29, 1.82) is 5.26 Å². The second-order valence-electron chi connectivity index (χ2n) is 7.15. The van der Waals surface area contributed by atoms with Gasteiger partial charge in [-0.25, -0.2) is 4.79 Å². The standard InChI is InChI=1S/C21H20N2O5S/c1-12-2-4-14-15(10-22)20(29-18(14)8-12)23-19(24)11-28-21(25)13-3-5-16-17(9-13)27-7-6-26-16/h3,5,9,12H,2,4,6-8,11H2,1H3,(H,23,24). The average Bonchev–Trinajstić information content (AvgIpc) is 3.07. The lowest BCUT2D eigenvalue weighted by molar-refractivity contribution is -0.119. The van der Waals surface area contributed by atoms with Gasteiger partial charge in [-0.15, -0.1) is 11.3 Å². The molecule has 1 aromatic carbocycles. The lowest BCUT2D eigenvalue weighted by Gasteiger charge is -2.18. The summed E-state index contributed by atoms with van der Waals surface area (Å²) < 4.78 is 16.0. The summed E-state index contributed by atoms with van der Waals surface area (Å²) in [6, 6.07) is 6.95. The van der Waals surface area contributed by atoms with E-state index in [0.29, 0.717) is 41.2 Å². The smallest absolute Gasteiger partial charge is 0.338 e. The van der Waals surface area contributed by atoms with E-state index in [9.17, 15) is 14.9 Å². The first kappa shape index (κ1) is 19.3. The molecule has 2 heterocycles. The van der Waals surface area contributed by atoms with Crippen LogP contribution in [0.3, 0.4) is 0 Å². The van der Waals surface area contributed by atoms with Crippen molar-refractivity contribution in [3.05, 3.63) is 39.8 Å². The van der Waals surface area contributed by atoms with Gasteiger partial charge >= 0.3 is 5.97 Å². The molecule has 1 aliphatic carbocycles. The quantitative estimate of drug-likeness (QED) is 0.774. The topological polar surface area (TPSA) is 97.7 Å². The zero-order valence-corrected chi connectivity index (χ0v) is 16.8. The number of hydrogen-bond donors (Lipinski definition) is 1. The molecule has 1 aliphatic heterocycles. The van der Waals surface area contributed by atoms with Crippen LogP contribution in [0.25, 0.3) is 0 Å². The molecule has 1 aromatic heterocycles. The van der Waals surface area contributed by atoms with Crippen molar-refractivity contribution in [2.24, 2.45) is 5.92 Å². The minimum Gasteiger partial charge on any atom is -0.486 e. The van der Waals surface area contributed by atoms with Crippen molar-refractivity contribution < 1.29 is 23.8 Å². The predicted molar refractivity (Wildman–Crippen MR) is 107 cm³/mol. The van der Waals surface area contributed by atoms with E-state index >= 15 is 0 Å². The van der Waals surface area contributed by atoms with Gasteiger partial charge in [-0.2, -0.15) is 5.26 Å². The fourth-order valence-corrected chi connectivity index (χ4v) is 4.88. The molecular weight excluding hydrogens is 392 g/mol. The maximum absolute atomic E-state index is 12.3. The van der Waals surface area contributed by atoms with Gasteiger partial charge in [0.15, 0.2) is 18.1 Å². The van der Waals surface area contributed by atoms with Crippen LogP contribution in [-0.2, 0) is 22.4 Å². The lowest BCUT2D eigenvalue weighted by Crippen LogP contribution is -2.21. The molecule has 0 spiro atoms. The Morgan fingerprint density at radius 2 is 2.10 bits per heavy atom. The minimum absolute atomic E-state index is 0.278. The van der Waals surface area contributed by atoms with Gasteiger partial charge in [-0.3, -0.25) is 4.79 Å². The number of benzene rings is 1. The van der Waals surface area contributed by atoms with Gasteiger partial charge < -0.3 is 19.5 Å². The van der Waals surface area contributed by atoms with Crippen molar-refractivity contribution in [3.8, 4) is 17.6 Å². The maximum atomic E-state index is 12.3. The molecule has 7 nitrogen and oxygen atoms in total. The van der Waals surface area contributed by atoms with Crippen LogP contribution in [0.15, 0.2) is 18.2 Å². The SMILES string of the molecule is CC1CCc2c(sc(NC(=O)COC(=O)c3ccc4c(c3)OCCO4)c2C#N)C1. The third-order valence-corrected chi connectivity index (χ3v) is 6.16. The molecule has 1 atom stereocenters. The highest BCUT2D eigenvalue weighted by molar-refractivity contribution is 7.16. The van der Waals surface area contributed by atoms with Crippen molar-refractivity contribution in [1.82, 2.24) is 0 Å². The van der Waals surface area contributed by atoms with Crippen LogP contribution in [0, 0.1) is 17.2 Å². The summed E-state index contributed by atoms with van der Waals surface area (Å²) in [5.74, 6) is 0.525. The third kappa shape index (κ3) is 4.05. The van der Waals surface area contributed by atoms with Crippen molar-refractivity contribution in [3.63, 3.8) is 0 Å². The Morgan fingerprint density at radius 3 is 2.90 bits per heavy atom. The molecule has 0 saturated heterocycles. The van der Waals surface area contributed by atoms with Gasteiger partial charge in [0, 0.05) is 4.88 Å². The zero-order valence-electron chi connectivity index (χ0n) is 15.9. The molecule has 8 heteroatoms. The second kappa shape index (κ2) is 8.13. The molecule has 0 bridgehead atoms. The maximum Gasteiger partial charge on any atom is 0.338 e. The molecule has 0 fully saturated rings. The summed E-state index contributed by atoms with van der Waals surface area (Å²) in [4.78, 5) is 25.7. The van der Waals surface area contributed by atoms with Gasteiger partial charge in [0.25, 0.3) is 5.91 Å². The number of carbonyl (C=O) groups is 2. The largest absolute Gasteiger partial charge is 0.486 e. The molecule has 0 radical (unpaired) electrons. The Bertz CT molecular complexity index is 1010. The van der Waals surface area contributed by atoms with Crippen molar-refractivity contribution in [2.75, 3.05) is 25.1 Å². The molecular formula is C21H20N2O5S. The number of esters is 1. The first-order chi connectivity index (χ1) is 14.0. The summed E-state index contributed by atoms with van der Waals surface area (Å²) >= 11 is 1.44. The van der Waals surface area contributed by atoms with Gasteiger partial charge in [0.1, 0.15) is 24.3 Å². The Hall–Kier alpha value is -3.05. The summed E-state index contributed by atoms with van der Waals surface area (Å²) in [7, 11) is 0. The number of thiophene rings is 1. The molecule has 150 valence electrons. The van der Waals surface area contributed by atoms with Gasteiger partial charge in [0.2, 0.25) is 0 Å². The number of amides is 1. The number of hydrogen-bond acceptors (Lipinski definition) is 7. The van der Waals surface area contributed by atoms with Crippen LogP contribution in [0.4, 0.5) is 5.00 Å². The summed E-state index contributed by atoms with van der Waals surface area (Å²) in [6.45, 7) is 2.63. The average molecular weight is 412 g/mol. The minimum atomic E-state index is -0.628. The molecule has 2 aliphatic rings. The number of nitrogens with one attached hydrogen (secondary N) is 1. The van der Waals surface area contributed by atoms with Crippen LogP contribution in [0.5, 0.6) is 11.5 Å². The Balaban J connectivity index is 1.38. The van der Waals surface area contributed by atoms with E-state index < -0.39 is 18.5 Å². The van der Waals surface area contributed by atoms with Gasteiger partial charge in [-0.05, 0) is 48.9 Å². The van der Waals surface area contributed by atoms with E-state index in [1.54, 1.807) is 12.1 Å². The molecule has 1 unspecified atom stereocenters. The monoisotopic (exact) mass is 412 g/mol. The van der Waals surface area contributed by atoms with E-state index in [-0.39, 0.29) is 5.56 Å². The molecule has 2 aromatic rings. The Kier molecular flexibility index (Phi) is 5.41. The highest BCUT2D eigenvalue weighted by Crippen LogP contribution is 2.39. The van der Waals surface area contributed by atoms with E-state index in [1.165, 1.54) is 17.4 Å². The Morgan fingerprint density at radius 1 is 1.31 bits per heavy atom. The number of nitrogens with zero attached hydrogens (tertiary/aromatic N) is 1. The number of nitriles is 1. The highest BCUT2D eigenvalue weighted by atomic mass is 32.1.